The van der Waals surface area contributed by atoms with Gasteiger partial charge in [0.05, 0.1) is 18.7 Å². The first-order valence-corrected chi connectivity index (χ1v) is 11.6. The number of amides is 2. The lowest BCUT2D eigenvalue weighted by Crippen LogP contribution is -2.48. The summed E-state index contributed by atoms with van der Waals surface area (Å²) in [6.07, 6.45) is -0.300. The summed E-state index contributed by atoms with van der Waals surface area (Å²) < 4.78 is 15.9. The van der Waals surface area contributed by atoms with Gasteiger partial charge in [0.25, 0.3) is 0 Å². The highest BCUT2D eigenvalue weighted by atomic mass is 32.1. The molecule has 2 amide bonds. The standard InChI is InChI=1S/C22H28N4O5S/c1-15(2)12-29-22(28)24-21-23-17(13-32-21)10-20(27)26-7-5-25(6-8-26)11-16-3-4-18-19(9-16)31-14-30-18/h3-4,9,13,15H,5-8,10-12,14H2,1-2H3,(H,23,24,28). The van der Waals surface area contributed by atoms with Gasteiger partial charge in [-0.05, 0) is 23.6 Å². The average Bonchev–Trinajstić information content (AvgIpc) is 3.41. The summed E-state index contributed by atoms with van der Waals surface area (Å²) in [6, 6.07) is 6.02. The van der Waals surface area contributed by atoms with Crippen LogP contribution in [0.15, 0.2) is 23.6 Å². The Hall–Kier alpha value is -2.85. The molecule has 0 atom stereocenters. The molecule has 4 rings (SSSR count). The molecule has 32 heavy (non-hydrogen) atoms. The minimum Gasteiger partial charge on any atom is -0.454 e. The van der Waals surface area contributed by atoms with Crippen molar-refractivity contribution in [2.24, 2.45) is 5.92 Å². The number of piperazine rings is 1. The van der Waals surface area contributed by atoms with Gasteiger partial charge in [-0.2, -0.15) is 0 Å². The minimum atomic E-state index is -0.524. The van der Waals surface area contributed by atoms with Crippen molar-refractivity contribution in [2.75, 3.05) is 44.9 Å². The summed E-state index contributed by atoms with van der Waals surface area (Å²) in [4.78, 5) is 33.0. The van der Waals surface area contributed by atoms with Gasteiger partial charge < -0.3 is 19.1 Å². The van der Waals surface area contributed by atoms with Crippen LogP contribution in [-0.4, -0.2) is 66.4 Å². The van der Waals surface area contributed by atoms with E-state index in [4.69, 9.17) is 14.2 Å². The number of hydrogen-bond donors (Lipinski definition) is 1. The number of benzene rings is 1. The number of carbonyl (C=O) groups is 2. The largest absolute Gasteiger partial charge is 0.454 e. The van der Waals surface area contributed by atoms with Crippen LogP contribution in [0.5, 0.6) is 11.5 Å². The summed E-state index contributed by atoms with van der Waals surface area (Å²) >= 11 is 1.29. The maximum Gasteiger partial charge on any atom is 0.413 e. The predicted molar refractivity (Wildman–Crippen MR) is 120 cm³/mol. The number of thiazole rings is 1. The third kappa shape index (κ3) is 5.89. The number of nitrogens with zero attached hydrogens (tertiary/aromatic N) is 3. The number of anilines is 1. The van der Waals surface area contributed by atoms with Crippen molar-refractivity contribution >= 4 is 28.5 Å². The molecule has 172 valence electrons. The zero-order valence-corrected chi connectivity index (χ0v) is 19.2. The first-order chi connectivity index (χ1) is 15.5. The zero-order valence-electron chi connectivity index (χ0n) is 18.3. The summed E-state index contributed by atoms with van der Waals surface area (Å²) in [6.45, 7) is 8.36. The van der Waals surface area contributed by atoms with E-state index in [2.05, 4.69) is 21.3 Å². The number of aromatic nitrogens is 1. The molecule has 2 aliphatic rings. The highest BCUT2D eigenvalue weighted by molar-refractivity contribution is 7.13. The smallest absolute Gasteiger partial charge is 0.413 e. The number of hydrogen-bond acceptors (Lipinski definition) is 8. The molecule has 2 aromatic rings. The molecule has 0 radical (unpaired) electrons. The third-order valence-electron chi connectivity index (χ3n) is 5.21. The van der Waals surface area contributed by atoms with Crippen LogP contribution in [0.3, 0.4) is 0 Å². The van der Waals surface area contributed by atoms with Crippen molar-refractivity contribution in [3.63, 3.8) is 0 Å². The Morgan fingerprint density at radius 2 is 1.97 bits per heavy atom. The van der Waals surface area contributed by atoms with Gasteiger partial charge in [-0.15, -0.1) is 11.3 Å². The molecule has 9 nitrogen and oxygen atoms in total. The molecule has 1 fully saturated rings. The van der Waals surface area contributed by atoms with E-state index in [1.165, 1.54) is 16.9 Å². The van der Waals surface area contributed by atoms with Crippen LogP contribution in [0.1, 0.15) is 25.1 Å². The van der Waals surface area contributed by atoms with Gasteiger partial charge in [0, 0.05) is 38.1 Å². The summed E-state index contributed by atoms with van der Waals surface area (Å²) in [5, 5.41) is 4.85. The van der Waals surface area contributed by atoms with E-state index < -0.39 is 6.09 Å². The van der Waals surface area contributed by atoms with E-state index >= 15 is 0 Å². The molecule has 1 saturated heterocycles. The van der Waals surface area contributed by atoms with Crippen molar-refractivity contribution in [3.05, 3.63) is 34.8 Å². The van der Waals surface area contributed by atoms with Crippen LogP contribution in [0, 0.1) is 5.92 Å². The van der Waals surface area contributed by atoms with E-state index in [0.717, 1.165) is 31.1 Å². The van der Waals surface area contributed by atoms with Gasteiger partial charge in [-0.1, -0.05) is 19.9 Å². The molecular weight excluding hydrogens is 432 g/mol. The molecule has 2 aliphatic heterocycles. The van der Waals surface area contributed by atoms with Crippen molar-refractivity contribution in [2.45, 2.75) is 26.8 Å². The Morgan fingerprint density at radius 3 is 2.75 bits per heavy atom. The van der Waals surface area contributed by atoms with E-state index in [0.29, 0.717) is 30.5 Å². The van der Waals surface area contributed by atoms with Gasteiger partial charge >= 0.3 is 6.09 Å². The summed E-state index contributed by atoms with van der Waals surface area (Å²) in [5.41, 5.74) is 1.82. The van der Waals surface area contributed by atoms with E-state index in [-0.39, 0.29) is 25.0 Å². The Morgan fingerprint density at radius 1 is 1.19 bits per heavy atom. The van der Waals surface area contributed by atoms with E-state index in [9.17, 15) is 9.59 Å². The predicted octanol–water partition coefficient (Wildman–Crippen LogP) is 2.96. The molecule has 3 heterocycles. The van der Waals surface area contributed by atoms with Crippen LogP contribution < -0.4 is 14.8 Å². The van der Waals surface area contributed by atoms with Crippen LogP contribution in [-0.2, 0) is 22.5 Å². The van der Waals surface area contributed by atoms with Crippen LogP contribution in [0.2, 0.25) is 0 Å². The van der Waals surface area contributed by atoms with Crippen LogP contribution in [0.4, 0.5) is 9.93 Å². The second-order valence-electron chi connectivity index (χ2n) is 8.28. The van der Waals surface area contributed by atoms with Crippen molar-refractivity contribution < 1.29 is 23.8 Å². The monoisotopic (exact) mass is 460 g/mol. The molecule has 0 unspecified atom stereocenters. The Bertz CT molecular complexity index is 956. The molecule has 1 aromatic heterocycles. The fraction of sp³-hybridized carbons (Fsp3) is 0.500. The Labute approximate surface area is 191 Å². The minimum absolute atomic E-state index is 0.0481. The average molecular weight is 461 g/mol. The molecule has 0 spiro atoms. The van der Waals surface area contributed by atoms with Gasteiger partial charge in [0.2, 0.25) is 12.7 Å². The number of ether oxygens (including phenoxy) is 3. The first-order valence-electron chi connectivity index (χ1n) is 10.7. The highest BCUT2D eigenvalue weighted by Crippen LogP contribution is 2.32. The SMILES string of the molecule is CC(C)COC(=O)Nc1nc(CC(=O)N2CCN(Cc3ccc4c(c3)OCO4)CC2)cs1. The van der Waals surface area contributed by atoms with Crippen molar-refractivity contribution in [3.8, 4) is 11.5 Å². The van der Waals surface area contributed by atoms with Crippen molar-refractivity contribution in [1.82, 2.24) is 14.8 Å². The maximum atomic E-state index is 12.7. The second-order valence-corrected chi connectivity index (χ2v) is 9.14. The fourth-order valence-electron chi connectivity index (χ4n) is 3.53. The lowest BCUT2D eigenvalue weighted by molar-refractivity contribution is -0.132. The summed E-state index contributed by atoms with van der Waals surface area (Å²) in [5.74, 6) is 1.90. The first kappa shape index (κ1) is 22.3. The van der Waals surface area contributed by atoms with E-state index in [1.807, 2.05) is 30.9 Å². The van der Waals surface area contributed by atoms with Gasteiger partial charge in [-0.25, -0.2) is 9.78 Å². The number of fused-ring (bicyclic) bond motifs is 1. The molecule has 0 saturated carbocycles. The summed E-state index contributed by atoms with van der Waals surface area (Å²) in [7, 11) is 0. The van der Waals surface area contributed by atoms with Gasteiger partial charge in [-0.3, -0.25) is 15.0 Å². The maximum absolute atomic E-state index is 12.7. The lowest BCUT2D eigenvalue weighted by Gasteiger charge is -2.34. The molecule has 1 aromatic carbocycles. The Balaban J connectivity index is 1.21. The van der Waals surface area contributed by atoms with E-state index in [1.54, 1.807) is 5.38 Å². The highest BCUT2D eigenvalue weighted by Gasteiger charge is 2.23. The molecule has 0 bridgehead atoms. The van der Waals surface area contributed by atoms with Crippen LogP contribution >= 0.6 is 11.3 Å². The number of nitrogens with one attached hydrogen (secondary N) is 1. The van der Waals surface area contributed by atoms with Crippen molar-refractivity contribution in [1.29, 1.82) is 0 Å². The zero-order chi connectivity index (χ0) is 22.5. The Kier molecular flexibility index (Phi) is 7.11. The third-order valence-corrected chi connectivity index (χ3v) is 6.02. The molecule has 1 N–H and O–H groups in total. The topological polar surface area (TPSA) is 93.2 Å². The normalized spacial score (nSPS) is 15.8. The van der Waals surface area contributed by atoms with Gasteiger partial charge in [0.15, 0.2) is 16.6 Å². The molecule has 10 heteroatoms. The molecule has 0 aliphatic carbocycles. The quantitative estimate of drug-likeness (QED) is 0.679. The number of carbonyl (C=O) groups excluding carboxylic acids is 2. The lowest BCUT2D eigenvalue weighted by atomic mass is 10.1. The van der Waals surface area contributed by atoms with Crippen LogP contribution in [0.25, 0.3) is 0 Å². The fourth-order valence-corrected chi connectivity index (χ4v) is 4.23. The van der Waals surface area contributed by atoms with Gasteiger partial charge in [0.1, 0.15) is 0 Å². The molecular formula is C22H28N4O5S. The number of rotatable bonds is 7. The second kappa shape index (κ2) is 10.2.